The van der Waals surface area contributed by atoms with Crippen LogP contribution in [0.25, 0.3) is 0 Å². The first-order valence-electron chi connectivity index (χ1n) is 5.38. The van der Waals surface area contributed by atoms with Crippen molar-refractivity contribution in [1.82, 2.24) is 0 Å². The van der Waals surface area contributed by atoms with Gasteiger partial charge < -0.3 is 4.74 Å². The second-order valence-corrected chi connectivity index (χ2v) is 3.79. The van der Waals surface area contributed by atoms with E-state index in [-0.39, 0.29) is 11.8 Å². The summed E-state index contributed by atoms with van der Waals surface area (Å²) in [6.07, 6.45) is 3.65. The Bertz CT molecular complexity index is 235. The van der Waals surface area contributed by atoms with E-state index in [9.17, 15) is 9.59 Å². The number of hydrogen-bond donors (Lipinski definition) is 0. The van der Waals surface area contributed by atoms with Crippen molar-refractivity contribution >= 4 is 11.8 Å². The molecule has 0 heterocycles. The molecule has 0 radical (unpaired) electrons. The third-order valence-electron chi connectivity index (χ3n) is 3.06. The van der Waals surface area contributed by atoms with Crippen LogP contribution in [0.4, 0.5) is 0 Å². The van der Waals surface area contributed by atoms with Crippen LogP contribution in [0.1, 0.15) is 46.0 Å². The highest BCUT2D eigenvalue weighted by molar-refractivity contribution is 6.04. The number of ether oxygens (including phenoxy) is 1. The number of carbonyl (C=O) groups is 2. The fourth-order valence-electron chi connectivity index (χ4n) is 2.09. The van der Waals surface area contributed by atoms with E-state index in [1.165, 1.54) is 0 Å². The maximum atomic E-state index is 11.8. The fourth-order valence-corrected chi connectivity index (χ4v) is 2.09. The summed E-state index contributed by atoms with van der Waals surface area (Å²) in [5, 5.41) is 0. The van der Waals surface area contributed by atoms with Gasteiger partial charge in [-0.05, 0) is 26.2 Å². The lowest BCUT2D eigenvalue weighted by Crippen LogP contribution is -2.42. The van der Waals surface area contributed by atoms with Gasteiger partial charge in [0.1, 0.15) is 11.2 Å². The molecule has 0 amide bonds. The van der Waals surface area contributed by atoms with Gasteiger partial charge in [-0.25, -0.2) is 0 Å². The molecule has 0 spiro atoms. The molecule has 1 unspecified atom stereocenters. The van der Waals surface area contributed by atoms with Gasteiger partial charge in [0.15, 0.2) is 0 Å². The average molecular weight is 198 g/mol. The van der Waals surface area contributed by atoms with E-state index in [1.54, 1.807) is 6.92 Å². The molecule has 1 aliphatic rings. The molecule has 0 bridgehead atoms. The molecule has 14 heavy (non-hydrogen) atoms. The van der Waals surface area contributed by atoms with Gasteiger partial charge >= 0.3 is 5.97 Å². The summed E-state index contributed by atoms with van der Waals surface area (Å²) in [5.41, 5.74) is -0.811. The molecule has 1 fully saturated rings. The highest BCUT2D eigenvalue weighted by atomic mass is 16.5. The molecule has 0 aromatic rings. The Labute approximate surface area is 84.8 Å². The Kier molecular flexibility index (Phi) is 3.67. The predicted molar refractivity (Wildman–Crippen MR) is 52.8 cm³/mol. The van der Waals surface area contributed by atoms with Crippen molar-refractivity contribution in [3.63, 3.8) is 0 Å². The van der Waals surface area contributed by atoms with Crippen LogP contribution >= 0.6 is 0 Å². The van der Waals surface area contributed by atoms with Gasteiger partial charge in [-0.15, -0.1) is 0 Å². The van der Waals surface area contributed by atoms with Crippen LogP contribution in [0.5, 0.6) is 0 Å². The van der Waals surface area contributed by atoms with Crippen molar-refractivity contribution in [2.75, 3.05) is 6.61 Å². The molecule has 3 heteroatoms. The molecule has 0 saturated heterocycles. The van der Waals surface area contributed by atoms with Gasteiger partial charge in [0.25, 0.3) is 0 Å². The third kappa shape index (κ3) is 1.81. The molecule has 0 aliphatic heterocycles. The van der Waals surface area contributed by atoms with Crippen molar-refractivity contribution in [3.8, 4) is 0 Å². The second-order valence-electron chi connectivity index (χ2n) is 3.79. The van der Waals surface area contributed by atoms with Gasteiger partial charge in [-0.2, -0.15) is 0 Å². The van der Waals surface area contributed by atoms with E-state index in [0.717, 1.165) is 12.8 Å². The maximum absolute atomic E-state index is 11.8. The Morgan fingerprint density at radius 2 is 2.14 bits per heavy atom. The first kappa shape index (κ1) is 11.2. The summed E-state index contributed by atoms with van der Waals surface area (Å²) in [4.78, 5) is 23.5. The Hall–Kier alpha value is -0.860. The summed E-state index contributed by atoms with van der Waals surface area (Å²) in [5.74, 6) is -0.239. The van der Waals surface area contributed by atoms with Crippen LogP contribution in [0.3, 0.4) is 0 Å². The van der Waals surface area contributed by atoms with E-state index in [4.69, 9.17) is 4.74 Å². The number of esters is 1. The Morgan fingerprint density at radius 3 is 2.64 bits per heavy atom. The van der Waals surface area contributed by atoms with E-state index in [0.29, 0.717) is 25.9 Å². The second kappa shape index (κ2) is 4.58. The molecule has 0 aromatic heterocycles. The van der Waals surface area contributed by atoms with Crippen molar-refractivity contribution in [1.29, 1.82) is 0 Å². The molecule has 3 nitrogen and oxygen atoms in total. The first-order chi connectivity index (χ1) is 6.67. The van der Waals surface area contributed by atoms with Crippen LogP contribution in [-0.2, 0) is 14.3 Å². The first-order valence-corrected chi connectivity index (χ1v) is 5.38. The van der Waals surface area contributed by atoms with Gasteiger partial charge in [0, 0.05) is 6.42 Å². The summed E-state index contributed by atoms with van der Waals surface area (Å²) < 4.78 is 4.99. The Balaban J connectivity index is 2.82. The molecule has 0 aromatic carbocycles. The number of Topliss-reactive ketones (excluding diaryl/α,β-unsaturated/α-hetero) is 1. The lowest BCUT2D eigenvalue weighted by atomic mass is 9.71. The molecule has 1 aliphatic carbocycles. The van der Waals surface area contributed by atoms with Crippen molar-refractivity contribution in [2.24, 2.45) is 5.41 Å². The lowest BCUT2D eigenvalue weighted by molar-refractivity contribution is -0.162. The summed E-state index contributed by atoms with van der Waals surface area (Å²) in [6, 6.07) is 0. The van der Waals surface area contributed by atoms with Crippen LogP contribution in [0.2, 0.25) is 0 Å². The smallest absolute Gasteiger partial charge is 0.319 e. The standard InChI is InChI=1S/C11H18O3/c1-3-11(10(13)14-4-2)8-6-5-7-9(11)12/h3-8H2,1-2H3. The quantitative estimate of drug-likeness (QED) is 0.515. The van der Waals surface area contributed by atoms with Crippen LogP contribution < -0.4 is 0 Å². The van der Waals surface area contributed by atoms with Crippen LogP contribution in [0.15, 0.2) is 0 Å². The minimum Gasteiger partial charge on any atom is -0.465 e. The summed E-state index contributed by atoms with van der Waals surface area (Å²) in [7, 11) is 0. The van der Waals surface area contributed by atoms with Crippen molar-refractivity contribution in [3.05, 3.63) is 0 Å². The maximum Gasteiger partial charge on any atom is 0.319 e. The zero-order chi connectivity index (χ0) is 10.6. The zero-order valence-electron chi connectivity index (χ0n) is 8.97. The highest BCUT2D eigenvalue weighted by Crippen LogP contribution is 2.37. The normalized spacial score (nSPS) is 27.4. The highest BCUT2D eigenvalue weighted by Gasteiger charge is 2.46. The van der Waals surface area contributed by atoms with Crippen molar-refractivity contribution < 1.29 is 14.3 Å². The fraction of sp³-hybridized carbons (Fsp3) is 0.818. The lowest BCUT2D eigenvalue weighted by Gasteiger charge is -2.32. The van der Waals surface area contributed by atoms with E-state index < -0.39 is 5.41 Å². The van der Waals surface area contributed by atoms with Gasteiger partial charge in [-0.3, -0.25) is 9.59 Å². The monoisotopic (exact) mass is 198 g/mol. The van der Waals surface area contributed by atoms with E-state index >= 15 is 0 Å². The minimum atomic E-state index is -0.811. The molecule has 1 rings (SSSR count). The molecular weight excluding hydrogens is 180 g/mol. The van der Waals surface area contributed by atoms with Crippen molar-refractivity contribution in [2.45, 2.75) is 46.0 Å². The minimum absolute atomic E-state index is 0.0738. The topological polar surface area (TPSA) is 43.4 Å². The third-order valence-corrected chi connectivity index (χ3v) is 3.06. The molecule has 1 saturated carbocycles. The van der Waals surface area contributed by atoms with Crippen LogP contribution in [0, 0.1) is 5.41 Å². The largest absolute Gasteiger partial charge is 0.465 e. The van der Waals surface area contributed by atoms with Gasteiger partial charge in [0.2, 0.25) is 0 Å². The van der Waals surface area contributed by atoms with E-state index in [2.05, 4.69) is 0 Å². The molecule has 1 atom stereocenters. The van der Waals surface area contributed by atoms with E-state index in [1.807, 2.05) is 6.92 Å². The zero-order valence-corrected chi connectivity index (χ0v) is 8.97. The number of carbonyl (C=O) groups excluding carboxylic acids is 2. The number of hydrogen-bond acceptors (Lipinski definition) is 3. The summed E-state index contributed by atoms with van der Waals surface area (Å²) >= 11 is 0. The summed E-state index contributed by atoms with van der Waals surface area (Å²) in [6.45, 7) is 4.02. The van der Waals surface area contributed by atoms with Gasteiger partial charge in [0.05, 0.1) is 6.61 Å². The molecular formula is C11H18O3. The Morgan fingerprint density at radius 1 is 1.43 bits per heavy atom. The predicted octanol–water partition coefficient (Wildman–Crippen LogP) is 2.09. The van der Waals surface area contributed by atoms with Gasteiger partial charge in [-0.1, -0.05) is 13.3 Å². The van der Waals surface area contributed by atoms with Crippen LogP contribution in [-0.4, -0.2) is 18.4 Å². The SMILES string of the molecule is CCOC(=O)C1(CC)CCCCC1=O. The number of rotatable bonds is 3. The number of ketones is 1. The molecule has 0 N–H and O–H groups in total. The average Bonchev–Trinajstić information content (AvgIpc) is 2.19. The molecule has 80 valence electrons.